The van der Waals surface area contributed by atoms with E-state index in [9.17, 15) is 0 Å². The normalized spacial score (nSPS) is 11.1. The summed E-state index contributed by atoms with van der Waals surface area (Å²) in [6, 6.07) is 20.5. The molecule has 0 saturated carbocycles. The molecule has 0 aliphatic carbocycles. The van der Waals surface area contributed by atoms with Gasteiger partial charge in [0.2, 0.25) is 0 Å². The maximum absolute atomic E-state index is 5.00. The number of pyridine rings is 2. The molecule has 0 fully saturated rings. The van der Waals surface area contributed by atoms with Crippen LogP contribution in [-0.4, -0.2) is 45.1 Å². The van der Waals surface area contributed by atoms with Gasteiger partial charge in [-0.1, -0.05) is 30.0 Å². The summed E-state index contributed by atoms with van der Waals surface area (Å²) >= 11 is 0. The lowest BCUT2D eigenvalue weighted by Gasteiger charge is -2.12. The van der Waals surface area contributed by atoms with Crippen LogP contribution in [-0.2, 0) is 6.42 Å². The molecule has 0 aliphatic rings. The summed E-state index contributed by atoms with van der Waals surface area (Å²) in [5.41, 5.74) is 5.87. The highest BCUT2D eigenvalue weighted by Gasteiger charge is 2.16. The van der Waals surface area contributed by atoms with Gasteiger partial charge in [-0.15, -0.1) is 0 Å². The number of aryl methyl sites for hydroxylation is 1. The van der Waals surface area contributed by atoms with Gasteiger partial charge in [0.1, 0.15) is 11.3 Å². The Morgan fingerprint density at radius 3 is 2.52 bits per heavy atom. The average molecular weight is 432 g/mol. The number of aromatic nitrogens is 4. The maximum Gasteiger partial charge on any atom is 0.114 e. The first kappa shape index (κ1) is 20.9. The SMILES string of the molecule is CN(C)CCCc1nc2cnc3ccc(C#Cc4cccnc4)cc3c2n1-c1ccccc1. The van der Waals surface area contributed by atoms with Gasteiger partial charge >= 0.3 is 0 Å². The van der Waals surface area contributed by atoms with E-state index in [1.54, 1.807) is 12.4 Å². The molecule has 5 heteroatoms. The Hall–Kier alpha value is -4.01. The smallest absolute Gasteiger partial charge is 0.114 e. The van der Waals surface area contributed by atoms with Gasteiger partial charge in [-0.3, -0.25) is 14.5 Å². The fraction of sp³-hybridized carbons (Fsp3) is 0.179. The van der Waals surface area contributed by atoms with Crippen LogP contribution in [0.4, 0.5) is 0 Å². The predicted molar refractivity (Wildman–Crippen MR) is 133 cm³/mol. The van der Waals surface area contributed by atoms with E-state index in [0.717, 1.165) is 64.0 Å². The number of rotatable bonds is 5. The quantitative estimate of drug-likeness (QED) is 0.373. The second-order valence-electron chi connectivity index (χ2n) is 8.32. The van der Waals surface area contributed by atoms with E-state index >= 15 is 0 Å². The Bertz CT molecular complexity index is 1460. The molecule has 5 rings (SSSR count). The summed E-state index contributed by atoms with van der Waals surface area (Å²) in [6.07, 6.45) is 7.34. The molecule has 0 radical (unpaired) electrons. The standard InChI is InChI=1S/C28H25N5/c1-32(2)17-7-11-27-31-26-20-30-25-15-14-21(12-13-22-8-6-16-29-19-22)18-24(25)28(26)33(27)23-9-4-3-5-10-23/h3-6,8-10,14-16,18-20H,7,11,17H2,1-2H3. The molecule has 0 unspecified atom stereocenters. The van der Waals surface area contributed by atoms with Crippen molar-refractivity contribution in [2.75, 3.05) is 20.6 Å². The number of imidazole rings is 1. The Kier molecular flexibility index (Phi) is 5.84. The second kappa shape index (κ2) is 9.23. The minimum absolute atomic E-state index is 0.893. The minimum Gasteiger partial charge on any atom is -0.309 e. The largest absolute Gasteiger partial charge is 0.309 e. The second-order valence-corrected chi connectivity index (χ2v) is 8.32. The van der Waals surface area contributed by atoms with Crippen molar-refractivity contribution in [2.24, 2.45) is 0 Å². The van der Waals surface area contributed by atoms with Crippen molar-refractivity contribution in [2.45, 2.75) is 12.8 Å². The number of hydrogen-bond donors (Lipinski definition) is 0. The fourth-order valence-corrected chi connectivity index (χ4v) is 4.04. The third-order valence-electron chi connectivity index (χ3n) is 5.58. The molecule has 0 amide bonds. The van der Waals surface area contributed by atoms with E-state index < -0.39 is 0 Å². The molecule has 2 aromatic carbocycles. The van der Waals surface area contributed by atoms with Gasteiger partial charge in [-0.05, 0) is 69.5 Å². The van der Waals surface area contributed by atoms with Gasteiger partial charge in [-0.2, -0.15) is 0 Å². The number of benzene rings is 2. The third kappa shape index (κ3) is 4.48. The van der Waals surface area contributed by atoms with Crippen LogP contribution in [0.25, 0.3) is 27.6 Å². The predicted octanol–water partition coefficient (Wildman–Crippen LogP) is 4.86. The summed E-state index contributed by atoms with van der Waals surface area (Å²) in [5, 5.41) is 1.06. The first-order valence-corrected chi connectivity index (χ1v) is 11.1. The van der Waals surface area contributed by atoms with Crippen LogP contribution in [0.15, 0.2) is 79.3 Å². The van der Waals surface area contributed by atoms with Gasteiger partial charge in [0, 0.05) is 41.0 Å². The number of fused-ring (bicyclic) bond motifs is 3. The van der Waals surface area contributed by atoms with E-state index in [4.69, 9.17) is 4.98 Å². The average Bonchev–Trinajstić information content (AvgIpc) is 3.22. The molecule has 0 atom stereocenters. The zero-order chi connectivity index (χ0) is 22.6. The molecule has 0 spiro atoms. The van der Waals surface area contributed by atoms with Gasteiger partial charge in [-0.25, -0.2) is 4.98 Å². The Morgan fingerprint density at radius 2 is 1.73 bits per heavy atom. The number of hydrogen-bond acceptors (Lipinski definition) is 4. The Morgan fingerprint density at radius 1 is 0.879 bits per heavy atom. The van der Waals surface area contributed by atoms with Crippen LogP contribution in [0, 0.1) is 11.8 Å². The zero-order valence-electron chi connectivity index (χ0n) is 18.9. The molecule has 0 bridgehead atoms. The Balaban J connectivity index is 1.67. The molecule has 162 valence electrons. The molecular weight excluding hydrogens is 406 g/mol. The van der Waals surface area contributed by atoms with E-state index in [0.29, 0.717) is 0 Å². The number of nitrogens with zero attached hydrogens (tertiary/aromatic N) is 5. The van der Waals surface area contributed by atoms with E-state index in [1.807, 2.05) is 36.5 Å². The van der Waals surface area contributed by atoms with Crippen LogP contribution in [0.2, 0.25) is 0 Å². The lowest BCUT2D eigenvalue weighted by molar-refractivity contribution is 0.398. The first-order valence-electron chi connectivity index (χ1n) is 11.1. The van der Waals surface area contributed by atoms with Crippen molar-refractivity contribution in [1.82, 2.24) is 24.4 Å². The highest BCUT2D eigenvalue weighted by atomic mass is 15.1. The van der Waals surface area contributed by atoms with Crippen molar-refractivity contribution in [3.8, 4) is 17.5 Å². The fourth-order valence-electron chi connectivity index (χ4n) is 4.04. The zero-order valence-corrected chi connectivity index (χ0v) is 18.9. The van der Waals surface area contributed by atoms with E-state index in [2.05, 4.69) is 75.7 Å². The van der Waals surface area contributed by atoms with E-state index in [1.165, 1.54) is 0 Å². The van der Waals surface area contributed by atoms with Gasteiger partial charge in [0.15, 0.2) is 0 Å². The summed E-state index contributed by atoms with van der Waals surface area (Å²) in [4.78, 5) is 16.0. The summed E-state index contributed by atoms with van der Waals surface area (Å²) in [5.74, 6) is 7.54. The van der Waals surface area contributed by atoms with Crippen molar-refractivity contribution in [1.29, 1.82) is 0 Å². The molecule has 5 aromatic rings. The monoisotopic (exact) mass is 431 g/mol. The molecule has 3 aromatic heterocycles. The van der Waals surface area contributed by atoms with Crippen LogP contribution in [0.1, 0.15) is 23.4 Å². The lowest BCUT2D eigenvalue weighted by Crippen LogP contribution is -2.14. The van der Waals surface area contributed by atoms with Crippen molar-refractivity contribution < 1.29 is 0 Å². The maximum atomic E-state index is 5.00. The van der Waals surface area contributed by atoms with Crippen LogP contribution in [0.3, 0.4) is 0 Å². The molecule has 5 nitrogen and oxygen atoms in total. The number of para-hydroxylation sites is 1. The lowest BCUT2D eigenvalue weighted by atomic mass is 10.1. The minimum atomic E-state index is 0.893. The first-order chi connectivity index (χ1) is 16.2. The highest BCUT2D eigenvalue weighted by Crippen LogP contribution is 2.29. The summed E-state index contributed by atoms with van der Waals surface area (Å²) < 4.78 is 2.29. The van der Waals surface area contributed by atoms with Crippen molar-refractivity contribution in [3.05, 3.63) is 96.2 Å². The molecule has 0 saturated heterocycles. The topological polar surface area (TPSA) is 46.8 Å². The molecule has 33 heavy (non-hydrogen) atoms. The van der Waals surface area contributed by atoms with Gasteiger partial charge < -0.3 is 4.90 Å². The Labute approximate surface area is 193 Å². The van der Waals surface area contributed by atoms with Gasteiger partial charge in [0.25, 0.3) is 0 Å². The van der Waals surface area contributed by atoms with Crippen LogP contribution >= 0.6 is 0 Å². The molecular formula is C28H25N5. The molecule has 0 N–H and O–H groups in total. The third-order valence-corrected chi connectivity index (χ3v) is 5.58. The van der Waals surface area contributed by atoms with Gasteiger partial charge in [0.05, 0.1) is 17.2 Å². The van der Waals surface area contributed by atoms with Crippen LogP contribution in [0.5, 0.6) is 0 Å². The molecule has 3 heterocycles. The summed E-state index contributed by atoms with van der Waals surface area (Å²) in [6.45, 7) is 1.02. The highest BCUT2D eigenvalue weighted by molar-refractivity contribution is 6.03. The van der Waals surface area contributed by atoms with E-state index in [-0.39, 0.29) is 0 Å². The summed E-state index contributed by atoms with van der Waals surface area (Å²) in [7, 11) is 4.21. The van der Waals surface area contributed by atoms with Crippen molar-refractivity contribution in [3.63, 3.8) is 0 Å². The molecule has 0 aliphatic heterocycles. The van der Waals surface area contributed by atoms with Crippen LogP contribution < -0.4 is 0 Å². The van der Waals surface area contributed by atoms with Crippen molar-refractivity contribution >= 4 is 21.9 Å².